The largest absolute Gasteiger partial charge is 0.480 e. The van der Waals surface area contributed by atoms with Crippen molar-refractivity contribution in [3.63, 3.8) is 0 Å². The van der Waals surface area contributed by atoms with E-state index in [0.717, 1.165) is 17.0 Å². The number of carboxylic acids is 2. The molecule has 2 rings (SSSR count). The third-order valence-electron chi connectivity index (χ3n) is 3.13. The van der Waals surface area contributed by atoms with Gasteiger partial charge in [-0.1, -0.05) is 30.3 Å². The van der Waals surface area contributed by atoms with Crippen LogP contribution >= 0.6 is 0 Å². The van der Waals surface area contributed by atoms with Crippen molar-refractivity contribution in [3.05, 3.63) is 35.9 Å². The van der Waals surface area contributed by atoms with E-state index in [-0.39, 0.29) is 0 Å². The number of carbonyl (C=O) groups is 2. The van der Waals surface area contributed by atoms with Crippen molar-refractivity contribution in [1.29, 1.82) is 0 Å². The van der Waals surface area contributed by atoms with Crippen molar-refractivity contribution in [2.75, 3.05) is 6.54 Å². The summed E-state index contributed by atoms with van der Waals surface area (Å²) in [5.41, 5.74) is 6.30. The predicted octanol–water partition coefficient (Wildman–Crippen LogP) is 0.566. The van der Waals surface area contributed by atoms with E-state index in [1.165, 1.54) is 0 Å². The first-order valence-corrected chi connectivity index (χ1v) is 6.62. The number of hydrogen-bond acceptors (Lipinski definition) is 5. The van der Waals surface area contributed by atoms with Crippen LogP contribution in [-0.4, -0.2) is 51.1 Å². The third-order valence-corrected chi connectivity index (χ3v) is 3.13. The second-order valence-corrected chi connectivity index (χ2v) is 4.79. The Hall–Kier alpha value is -1.96. The molecule has 2 atom stereocenters. The predicted molar refractivity (Wildman–Crippen MR) is 74.9 cm³/mol. The van der Waals surface area contributed by atoms with E-state index in [2.05, 4.69) is 0 Å². The molecule has 1 fully saturated rings. The Balaban J connectivity index is 0.000000219. The number of hydrogen-bond donors (Lipinski definition) is 4. The van der Waals surface area contributed by atoms with Crippen LogP contribution in [0.2, 0.25) is 0 Å². The SMILES string of the molecule is N[C@@H](Cc1ccccc1)C(=O)O.O=C(O)[C@@H]1CCCN1O. The van der Waals surface area contributed by atoms with Crippen LogP contribution in [0.3, 0.4) is 0 Å². The van der Waals surface area contributed by atoms with Gasteiger partial charge in [0.15, 0.2) is 0 Å². The average Bonchev–Trinajstić information content (AvgIpc) is 2.87. The molecular weight excluding hydrogens is 276 g/mol. The van der Waals surface area contributed by atoms with E-state index >= 15 is 0 Å². The number of carboxylic acid groups (broad SMARTS) is 2. The summed E-state index contributed by atoms with van der Waals surface area (Å²) in [4.78, 5) is 20.6. The Morgan fingerprint density at radius 2 is 1.90 bits per heavy atom. The highest BCUT2D eigenvalue weighted by Gasteiger charge is 2.28. The molecule has 1 aliphatic heterocycles. The van der Waals surface area contributed by atoms with Gasteiger partial charge in [0.25, 0.3) is 0 Å². The molecule has 0 radical (unpaired) electrons. The monoisotopic (exact) mass is 296 g/mol. The van der Waals surface area contributed by atoms with Gasteiger partial charge in [-0.15, -0.1) is 0 Å². The van der Waals surface area contributed by atoms with E-state index in [1.54, 1.807) is 0 Å². The molecule has 0 aliphatic carbocycles. The highest BCUT2D eigenvalue weighted by molar-refractivity contribution is 5.73. The molecule has 7 nitrogen and oxygen atoms in total. The van der Waals surface area contributed by atoms with Crippen LogP contribution in [0, 0.1) is 0 Å². The van der Waals surface area contributed by atoms with Crippen molar-refractivity contribution >= 4 is 11.9 Å². The number of benzene rings is 1. The quantitative estimate of drug-likeness (QED) is 0.640. The fourth-order valence-corrected chi connectivity index (χ4v) is 1.96. The number of rotatable bonds is 4. The van der Waals surface area contributed by atoms with Crippen LogP contribution in [0.25, 0.3) is 0 Å². The molecule has 5 N–H and O–H groups in total. The van der Waals surface area contributed by atoms with Crippen LogP contribution in [0.1, 0.15) is 18.4 Å². The van der Waals surface area contributed by atoms with Gasteiger partial charge >= 0.3 is 11.9 Å². The van der Waals surface area contributed by atoms with Gasteiger partial charge in [0, 0.05) is 6.54 Å². The van der Waals surface area contributed by atoms with Crippen LogP contribution in [0.15, 0.2) is 30.3 Å². The third kappa shape index (κ3) is 5.90. The second kappa shape index (κ2) is 8.35. The minimum atomic E-state index is -0.959. The fraction of sp³-hybridized carbons (Fsp3) is 0.429. The summed E-state index contributed by atoms with van der Waals surface area (Å²) >= 11 is 0. The Bertz CT molecular complexity index is 466. The van der Waals surface area contributed by atoms with Gasteiger partial charge < -0.3 is 21.2 Å². The lowest BCUT2D eigenvalue weighted by molar-refractivity contribution is -0.161. The molecule has 1 aromatic rings. The molecule has 0 amide bonds. The van der Waals surface area contributed by atoms with E-state index in [0.29, 0.717) is 19.4 Å². The molecule has 1 heterocycles. The van der Waals surface area contributed by atoms with Crippen molar-refractivity contribution in [2.24, 2.45) is 5.73 Å². The van der Waals surface area contributed by atoms with Crippen LogP contribution in [0.5, 0.6) is 0 Å². The van der Waals surface area contributed by atoms with Crippen molar-refractivity contribution < 1.29 is 25.0 Å². The summed E-state index contributed by atoms with van der Waals surface area (Å²) in [5, 5.41) is 26.6. The number of nitrogens with zero attached hydrogens (tertiary/aromatic N) is 1. The first kappa shape index (κ1) is 17.1. The van der Waals surface area contributed by atoms with Crippen LogP contribution in [-0.2, 0) is 16.0 Å². The first-order chi connectivity index (χ1) is 9.91. The molecule has 7 heteroatoms. The highest BCUT2D eigenvalue weighted by atomic mass is 16.5. The highest BCUT2D eigenvalue weighted by Crippen LogP contribution is 2.13. The molecule has 21 heavy (non-hydrogen) atoms. The Morgan fingerprint density at radius 3 is 2.29 bits per heavy atom. The fourth-order valence-electron chi connectivity index (χ4n) is 1.96. The lowest BCUT2D eigenvalue weighted by Crippen LogP contribution is -2.32. The summed E-state index contributed by atoms with van der Waals surface area (Å²) < 4.78 is 0. The van der Waals surface area contributed by atoms with Gasteiger partial charge in [0.2, 0.25) is 0 Å². The standard InChI is InChI=1S/C9H11NO2.C5H9NO3/c10-8(9(11)12)6-7-4-2-1-3-5-7;7-5(8)4-2-1-3-6(4)9/h1-5,8H,6,10H2,(H,11,12);4,9H,1-3H2,(H,7,8)/t8-;4-/m00/s1. The van der Waals surface area contributed by atoms with Gasteiger partial charge in [-0.25, -0.2) is 0 Å². The molecular formula is C14H20N2O5. The Labute approximate surface area is 122 Å². The Morgan fingerprint density at radius 1 is 1.29 bits per heavy atom. The van der Waals surface area contributed by atoms with Crippen LogP contribution < -0.4 is 5.73 Å². The summed E-state index contributed by atoms with van der Waals surface area (Å²) in [6.45, 7) is 0.483. The molecule has 1 aromatic carbocycles. The molecule has 0 saturated carbocycles. The Kier molecular flexibility index (Phi) is 6.80. The van der Waals surface area contributed by atoms with Gasteiger partial charge in [-0.2, -0.15) is 5.06 Å². The molecule has 0 bridgehead atoms. The zero-order valence-corrected chi connectivity index (χ0v) is 11.6. The van der Waals surface area contributed by atoms with Gasteiger partial charge in [-0.05, 0) is 24.8 Å². The zero-order chi connectivity index (χ0) is 15.8. The van der Waals surface area contributed by atoms with Gasteiger partial charge in [0.05, 0.1) is 0 Å². The van der Waals surface area contributed by atoms with Crippen LogP contribution in [0.4, 0.5) is 0 Å². The summed E-state index contributed by atoms with van der Waals surface area (Å²) in [6, 6.07) is 7.88. The number of hydroxylamine groups is 2. The van der Waals surface area contributed by atoms with E-state index in [4.69, 9.17) is 21.2 Å². The molecule has 0 aromatic heterocycles. The molecule has 116 valence electrons. The van der Waals surface area contributed by atoms with E-state index in [9.17, 15) is 9.59 Å². The molecule has 0 spiro atoms. The summed E-state index contributed by atoms with van der Waals surface area (Å²) in [6.07, 6.45) is 1.72. The topological polar surface area (TPSA) is 124 Å². The lowest BCUT2D eigenvalue weighted by Gasteiger charge is -2.11. The maximum atomic E-state index is 10.4. The van der Waals surface area contributed by atoms with Gasteiger partial charge in [0.1, 0.15) is 12.1 Å². The molecule has 1 aliphatic rings. The van der Waals surface area contributed by atoms with Crippen molar-refractivity contribution in [1.82, 2.24) is 5.06 Å². The maximum Gasteiger partial charge on any atom is 0.323 e. The molecule has 1 saturated heterocycles. The smallest absolute Gasteiger partial charge is 0.323 e. The average molecular weight is 296 g/mol. The number of nitrogens with two attached hydrogens (primary N) is 1. The normalized spacial score (nSPS) is 19.4. The van der Waals surface area contributed by atoms with Crippen molar-refractivity contribution in [3.8, 4) is 0 Å². The zero-order valence-electron chi connectivity index (χ0n) is 11.6. The van der Waals surface area contributed by atoms with E-state index in [1.807, 2.05) is 30.3 Å². The van der Waals surface area contributed by atoms with Crippen molar-refractivity contribution in [2.45, 2.75) is 31.3 Å². The van der Waals surface area contributed by atoms with E-state index < -0.39 is 24.0 Å². The second-order valence-electron chi connectivity index (χ2n) is 4.79. The number of aliphatic carboxylic acids is 2. The van der Waals surface area contributed by atoms with Gasteiger partial charge in [-0.3, -0.25) is 9.59 Å². The minimum absolute atomic E-state index is 0.385. The maximum absolute atomic E-state index is 10.4. The first-order valence-electron chi connectivity index (χ1n) is 6.62. The summed E-state index contributed by atoms with van der Waals surface area (Å²) in [7, 11) is 0. The minimum Gasteiger partial charge on any atom is -0.480 e. The molecule has 0 unspecified atom stereocenters. The summed E-state index contributed by atoms with van der Waals surface area (Å²) in [5.74, 6) is -1.89. The lowest BCUT2D eigenvalue weighted by atomic mass is 10.1.